The Morgan fingerprint density at radius 3 is 2.45 bits per heavy atom. The van der Waals surface area contributed by atoms with Gasteiger partial charge in [0.05, 0.1) is 0 Å². The highest BCUT2D eigenvalue weighted by Gasteiger charge is 2.30. The molecule has 0 fully saturated rings. The minimum absolute atomic E-state index is 0.0357. The number of hydrogen-bond donors (Lipinski definition) is 1. The Bertz CT molecular complexity index is 675. The van der Waals surface area contributed by atoms with E-state index in [-0.39, 0.29) is 11.4 Å². The van der Waals surface area contributed by atoms with Crippen molar-refractivity contribution >= 4 is 31.9 Å². The van der Waals surface area contributed by atoms with Crippen molar-refractivity contribution in [2.75, 3.05) is 26.3 Å². The number of aliphatic carboxylic acids is 1. The van der Waals surface area contributed by atoms with Crippen LogP contribution in [0.4, 0.5) is 0 Å². The molecule has 22 heavy (non-hydrogen) atoms. The quantitative estimate of drug-likeness (QED) is 0.790. The number of benzene rings is 1. The maximum atomic E-state index is 12.7. The molecule has 0 saturated carbocycles. The van der Waals surface area contributed by atoms with Gasteiger partial charge in [-0.2, -0.15) is 4.31 Å². The lowest BCUT2D eigenvalue weighted by atomic mass is 10.3. The van der Waals surface area contributed by atoms with Crippen LogP contribution >= 0.6 is 15.9 Å². The molecule has 0 unspecified atom stereocenters. The van der Waals surface area contributed by atoms with Crippen molar-refractivity contribution in [2.45, 2.75) is 18.2 Å². The zero-order chi connectivity index (χ0) is 16.3. The second-order valence-corrected chi connectivity index (χ2v) is 7.42. The Labute approximate surface area is 137 Å². The Balaban J connectivity index is 2.45. The van der Waals surface area contributed by atoms with E-state index in [1.165, 1.54) is 12.1 Å². The predicted molar refractivity (Wildman–Crippen MR) is 81.8 cm³/mol. The van der Waals surface area contributed by atoms with Crippen LogP contribution in [-0.2, 0) is 14.8 Å². The molecule has 9 heteroatoms. The van der Waals surface area contributed by atoms with Crippen LogP contribution in [0.15, 0.2) is 21.5 Å². The van der Waals surface area contributed by atoms with E-state index in [1.54, 1.807) is 6.92 Å². The van der Waals surface area contributed by atoms with Crippen LogP contribution in [0.2, 0.25) is 0 Å². The Kier molecular flexibility index (Phi) is 5.30. The lowest BCUT2D eigenvalue weighted by Crippen LogP contribution is -2.36. The van der Waals surface area contributed by atoms with E-state index in [4.69, 9.17) is 14.6 Å². The summed E-state index contributed by atoms with van der Waals surface area (Å²) in [5, 5.41) is 8.92. The van der Waals surface area contributed by atoms with Gasteiger partial charge in [0.2, 0.25) is 10.0 Å². The molecule has 7 nitrogen and oxygen atoms in total. The van der Waals surface area contributed by atoms with E-state index in [2.05, 4.69) is 15.9 Å². The third-order valence-corrected chi connectivity index (χ3v) is 5.80. The lowest BCUT2D eigenvalue weighted by molar-refractivity contribution is -0.137. The highest BCUT2D eigenvalue weighted by molar-refractivity contribution is 9.10. The van der Waals surface area contributed by atoms with Crippen molar-refractivity contribution < 1.29 is 27.8 Å². The lowest BCUT2D eigenvalue weighted by Gasteiger charge is -2.23. The monoisotopic (exact) mass is 393 g/mol. The predicted octanol–water partition coefficient (Wildman–Crippen LogP) is 1.71. The van der Waals surface area contributed by atoms with Crippen molar-refractivity contribution in [2.24, 2.45) is 0 Å². The third-order valence-electron chi connectivity index (χ3n) is 3.00. The smallest absolute Gasteiger partial charge is 0.318 e. The molecule has 0 amide bonds. The number of halogens is 1. The highest BCUT2D eigenvalue weighted by Crippen LogP contribution is 2.38. The molecule has 0 radical (unpaired) electrons. The molecule has 122 valence electrons. The number of nitrogens with zero attached hydrogens (tertiary/aromatic N) is 1. The van der Waals surface area contributed by atoms with Gasteiger partial charge in [-0.1, -0.05) is 6.92 Å². The first kappa shape index (κ1) is 17.0. The number of fused-ring (bicyclic) bond motifs is 1. The molecule has 0 atom stereocenters. The van der Waals surface area contributed by atoms with E-state index in [0.29, 0.717) is 35.6 Å². The number of carbonyl (C=O) groups is 1. The van der Waals surface area contributed by atoms with Crippen molar-refractivity contribution in [3.8, 4) is 11.5 Å². The molecule has 0 aromatic heterocycles. The Hall–Kier alpha value is -1.32. The maximum Gasteiger partial charge on any atom is 0.318 e. The summed E-state index contributed by atoms with van der Waals surface area (Å²) in [6, 6.07) is 2.88. The molecule has 1 heterocycles. The maximum absolute atomic E-state index is 12.7. The zero-order valence-electron chi connectivity index (χ0n) is 11.9. The second-order valence-electron chi connectivity index (χ2n) is 4.66. The van der Waals surface area contributed by atoms with Crippen LogP contribution in [-0.4, -0.2) is 50.1 Å². The topological polar surface area (TPSA) is 93.1 Å². The van der Waals surface area contributed by atoms with Gasteiger partial charge in [-0.3, -0.25) is 4.79 Å². The molecule has 0 saturated heterocycles. The van der Waals surface area contributed by atoms with Crippen LogP contribution in [0.1, 0.15) is 13.3 Å². The van der Waals surface area contributed by atoms with Gasteiger partial charge in [0, 0.05) is 17.1 Å². The van der Waals surface area contributed by atoms with Crippen LogP contribution in [0.3, 0.4) is 0 Å². The minimum atomic E-state index is -3.95. The number of rotatable bonds is 6. The SMILES string of the molecule is CCCN(CC(=O)O)S(=O)(=O)c1cc2c(cc1Br)OCCO2. The van der Waals surface area contributed by atoms with Crippen molar-refractivity contribution in [1.82, 2.24) is 4.31 Å². The van der Waals surface area contributed by atoms with Gasteiger partial charge in [-0.05, 0) is 28.4 Å². The van der Waals surface area contributed by atoms with Crippen LogP contribution in [0.5, 0.6) is 11.5 Å². The van der Waals surface area contributed by atoms with Crippen molar-refractivity contribution in [3.63, 3.8) is 0 Å². The molecule has 1 aromatic carbocycles. The first-order valence-corrected chi connectivity index (χ1v) is 8.90. The molecule has 1 aliphatic rings. The number of carboxylic acids is 1. The molecule has 1 aliphatic heterocycles. The van der Waals surface area contributed by atoms with Gasteiger partial charge in [0.1, 0.15) is 24.7 Å². The van der Waals surface area contributed by atoms with Gasteiger partial charge in [0.15, 0.2) is 11.5 Å². The summed E-state index contributed by atoms with van der Waals surface area (Å²) < 4.78 is 37.4. The standard InChI is InChI=1S/C13H16BrNO6S/c1-2-3-15(8-13(16)17)22(18,19)12-7-11-10(6-9(12)14)20-4-5-21-11/h6-7H,2-5,8H2,1H3,(H,16,17). The summed E-state index contributed by atoms with van der Waals surface area (Å²) in [6.45, 7) is 2.05. The number of hydrogen-bond acceptors (Lipinski definition) is 5. The normalized spacial score (nSPS) is 14.1. The molecular weight excluding hydrogens is 378 g/mol. The van der Waals surface area contributed by atoms with Gasteiger partial charge < -0.3 is 14.6 Å². The fraction of sp³-hybridized carbons (Fsp3) is 0.462. The average Bonchev–Trinajstić information content (AvgIpc) is 2.45. The summed E-state index contributed by atoms with van der Waals surface area (Å²) in [5.74, 6) is -0.414. The Morgan fingerprint density at radius 2 is 1.91 bits per heavy atom. The summed E-state index contributed by atoms with van der Waals surface area (Å²) in [6.07, 6.45) is 0.509. The highest BCUT2D eigenvalue weighted by atomic mass is 79.9. The summed E-state index contributed by atoms with van der Waals surface area (Å²) in [4.78, 5) is 10.9. The van der Waals surface area contributed by atoms with E-state index < -0.39 is 22.5 Å². The zero-order valence-corrected chi connectivity index (χ0v) is 14.3. The van der Waals surface area contributed by atoms with Gasteiger partial charge in [-0.25, -0.2) is 8.42 Å². The van der Waals surface area contributed by atoms with E-state index in [9.17, 15) is 13.2 Å². The van der Waals surface area contributed by atoms with Crippen molar-refractivity contribution in [3.05, 3.63) is 16.6 Å². The number of carboxylic acid groups (broad SMARTS) is 1. The molecule has 1 aromatic rings. The first-order chi connectivity index (χ1) is 10.4. The summed E-state index contributed by atoms with van der Waals surface area (Å²) in [5.41, 5.74) is 0. The largest absolute Gasteiger partial charge is 0.486 e. The van der Waals surface area contributed by atoms with E-state index in [1.807, 2.05) is 0 Å². The molecular formula is C13H16BrNO6S. The fourth-order valence-corrected chi connectivity index (χ4v) is 4.55. The summed E-state index contributed by atoms with van der Waals surface area (Å²) in [7, 11) is -3.95. The molecule has 0 aliphatic carbocycles. The average molecular weight is 394 g/mol. The van der Waals surface area contributed by atoms with Gasteiger partial charge >= 0.3 is 5.97 Å². The second kappa shape index (κ2) is 6.84. The molecule has 2 rings (SSSR count). The van der Waals surface area contributed by atoms with Gasteiger partial charge in [0.25, 0.3) is 0 Å². The van der Waals surface area contributed by atoms with E-state index in [0.717, 1.165) is 4.31 Å². The third kappa shape index (κ3) is 3.53. The van der Waals surface area contributed by atoms with Crippen LogP contribution in [0.25, 0.3) is 0 Å². The summed E-state index contributed by atoms with van der Waals surface area (Å²) >= 11 is 3.21. The first-order valence-electron chi connectivity index (χ1n) is 6.67. The number of ether oxygens (including phenoxy) is 2. The molecule has 1 N–H and O–H groups in total. The van der Waals surface area contributed by atoms with Crippen molar-refractivity contribution in [1.29, 1.82) is 0 Å². The van der Waals surface area contributed by atoms with Gasteiger partial charge in [-0.15, -0.1) is 0 Å². The van der Waals surface area contributed by atoms with Crippen LogP contribution in [0, 0.1) is 0 Å². The molecule has 0 bridgehead atoms. The minimum Gasteiger partial charge on any atom is -0.486 e. The van der Waals surface area contributed by atoms with E-state index >= 15 is 0 Å². The Morgan fingerprint density at radius 1 is 1.32 bits per heavy atom. The van der Waals surface area contributed by atoms with Crippen LogP contribution < -0.4 is 9.47 Å². The molecule has 0 spiro atoms. The fourth-order valence-electron chi connectivity index (χ4n) is 2.07. The number of sulfonamides is 1.